The number of benzene rings is 1. The van der Waals surface area contributed by atoms with Crippen LogP contribution in [0, 0.1) is 0 Å². The summed E-state index contributed by atoms with van der Waals surface area (Å²) in [6.45, 7) is 1.57. The van der Waals surface area contributed by atoms with Crippen molar-refractivity contribution in [3.63, 3.8) is 0 Å². The Bertz CT molecular complexity index is 405. The first kappa shape index (κ1) is 9.13. The van der Waals surface area contributed by atoms with Gasteiger partial charge in [0.1, 0.15) is 5.78 Å². The molecule has 72 valence electrons. The van der Waals surface area contributed by atoms with Crippen molar-refractivity contribution in [2.45, 2.75) is 26.2 Å². The number of fused-ring (bicyclic) bond motifs is 1. The van der Waals surface area contributed by atoms with Crippen molar-refractivity contribution in [3.05, 3.63) is 34.9 Å². The highest BCUT2D eigenvalue weighted by Crippen LogP contribution is 2.20. The Hall–Kier alpha value is -1.44. The molecule has 0 saturated heterocycles. The van der Waals surface area contributed by atoms with E-state index in [0.29, 0.717) is 18.6 Å². The number of carbonyl (C=O) groups excluding carboxylic acids is 2. The first-order valence-corrected chi connectivity index (χ1v) is 4.81. The van der Waals surface area contributed by atoms with E-state index in [4.69, 9.17) is 0 Å². The van der Waals surface area contributed by atoms with Crippen molar-refractivity contribution in [2.24, 2.45) is 0 Å². The molecule has 2 nitrogen and oxygen atoms in total. The first-order valence-electron chi connectivity index (χ1n) is 4.81. The summed E-state index contributed by atoms with van der Waals surface area (Å²) in [5, 5.41) is 0. The third kappa shape index (κ3) is 1.60. The monoisotopic (exact) mass is 188 g/mol. The van der Waals surface area contributed by atoms with Crippen LogP contribution in [0.4, 0.5) is 0 Å². The molecule has 0 N–H and O–H groups in total. The zero-order valence-electron chi connectivity index (χ0n) is 8.17. The van der Waals surface area contributed by atoms with Crippen LogP contribution in [0.1, 0.15) is 34.8 Å². The Kier molecular flexibility index (Phi) is 2.20. The van der Waals surface area contributed by atoms with E-state index in [1.54, 1.807) is 13.0 Å². The minimum Gasteiger partial charge on any atom is -0.299 e. The van der Waals surface area contributed by atoms with E-state index in [-0.39, 0.29) is 5.78 Å². The Morgan fingerprint density at radius 1 is 1.21 bits per heavy atom. The number of hydrogen-bond acceptors (Lipinski definition) is 2. The smallest absolute Gasteiger partial charge is 0.159 e. The molecule has 1 aromatic rings. The minimum absolute atomic E-state index is 0.0877. The van der Waals surface area contributed by atoms with Gasteiger partial charge in [0, 0.05) is 18.4 Å². The zero-order chi connectivity index (χ0) is 10.1. The molecule has 1 aromatic carbocycles. The van der Waals surface area contributed by atoms with Gasteiger partial charge in [0.25, 0.3) is 0 Å². The van der Waals surface area contributed by atoms with Crippen LogP contribution in [0.5, 0.6) is 0 Å². The summed E-state index contributed by atoms with van der Waals surface area (Å²) < 4.78 is 0. The number of aryl methyl sites for hydroxylation is 1. The van der Waals surface area contributed by atoms with Gasteiger partial charge in [0.15, 0.2) is 5.78 Å². The van der Waals surface area contributed by atoms with E-state index >= 15 is 0 Å². The lowest BCUT2D eigenvalue weighted by Gasteiger charge is -2.15. The van der Waals surface area contributed by atoms with Crippen LogP contribution < -0.4 is 0 Å². The van der Waals surface area contributed by atoms with Gasteiger partial charge in [-0.2, -0.15) is 0 Å². The highest BCUT2D eigenvalue weighted by molar-refractivity contribution is 5.94. The summed E-state index contributed by atoms with van der Waals surface area (Å²) in [5.74, 6) is 0.387. The van der Waals surface area contributed by atoms with Crippen LogP contribution in [0.2, 0.25) is 0 Å². The molecule has 1 aliphatic carbocycles. The summed E-state index contributed by atoms with van der Waals surface area (Å²) in [7, 11) is 0. The fourth-order valence-corrected chi connectivity index (χ4v) is 1.82. The molecular weight excluding hydrogens is 176 g/mol. The van der Waals surface area contributed by atoms with Gasteiger partial charge in [-0.15, -0.1) is 0 Å². The second-order valence-corrected chi connectivity index (χ2v) is 3.76. The van der Waals surface area contributed by atoms with E-state index in [1.165, 1.54) is 0 Å². The van der Waals surface area contributed by atoms with E-state index < -0.39 is 0 Å². The molecule has 0 fully saturated rings. The lowest BCUT2D eigenvalue weighted by Crippen LogP contribution is -2.13. The average molecular weight is 188 g/mol. The summed E-state index contributed by atoms with van der Waals surface area (Å²) in [5.41, 5.74) is 3.00. The van der Waals surface area contributed by atoms with Gasteiger partial charge in [-0.3, -0.25) is 9.59 Å². The number of hydrogen-bond donors (Lipinski definition) is 0. The zero-order valence-corrected chi connectivity index (χ0v) is 8.17. The van der Waals surface area contributed by atoms with Crippen LogP contribution in [-0.2, 0) is 17.6 Å². The van der Waals surface area contributed by atoms with Gasteiger partial charge in [0.05, 0.1) is 0 Å². The molecule has 14 heavy (non-hydrogen) atoms. The van der Waals surface area contributed by atoms with Crippen LogP contribution in [0.15, 0.2) is 18.2 Å². The highest BCUT2D eigenvalue weighted by atomic mass is 16.1. The molecule has 0 amide bonds. The van der Waals surface area contributed by atoms with E-state index in [1.807, 2.05) is 12.1 Å². The summed E-state index contributed by atoms with van der Waals surface area (Å²) in [6, 6.07) is 5.63. The molecule has 2 heteroatoms. The molecular formula is C12H12O2. The molecule has 0 aromatic heterocycles. The third-order valence-corrected chi connectivity index (χ3v) is 2.67. The fourth-order valence-electron chi connectivity index (χ4n) is 1.82. The summed E-state index contributed by atoms with van der Waals surface area (Å²) >= 11 is 0. The van der Waals surface area contributed by atoms with Gasteiger partial charge < -0.3 is 0 Å². The van der Waals surface area contributed by atoms with Crippen LogP contribution in [0.25, 0.3) is 0 Å². The fraction of sp³-hybridized carbons (Fsp3) is 0.333. The van der Waals surface area contributed by atoms with E-state index in [9.17, 15) is 9.59 Å². The second kappa shape index (κ2) is 3.37. The second-order valence-electron chi connectivity index (χ2n) is 3.76. The molecule has 0 heterocycles. The predicted molar refractivity (Wildman–Crippen MR) is 53.5 cm³/mol. The summed E-state index contributed by atoms with van der Waals surface area (Å²) in [4.78, 5) is 22.3. The summed E-state index contributed by atoms with van der Waals surface area (Å²) in [6.07, 6.45) is 1.94. The molecule has 0 aliphatic heterocycles. The Labute approximate surface area is 82.9 Å². The van der Waals surface area contributed by atoms with Crippen molar-refractivity contribution < 1.29 is 9.59 Å². The normalized spacial score (nSPS) is 15.1. The molecule has 0 radical (unpaired) electrons. The molecule has 1 aliphatic rings. The van der Waals surface area contributed by atoms with Gasteiger partial charge in [-0.1, -0.05) is 12.1 Å². The lowest BCUT2D eigenvalue weighted by molar-refractivity contribution is -0.118. The first-order chi connectivity index (χ1) is 6.66. The topological polar surface area (TPSA) is 34.1 Å². The highest BCUT2D eigenvalue weighted by Gasteiger charge is 2.15. The van der Waals surface area contributed by atoms with Crippen molar-refractivity contribution in [2.75, 3.05) is 0 Å². The number of Topliss-reactive ketones (excluding diaryl/α,β-unsaturated/α-hetero) is 2. The minimum atomic E-state index is 0.0877. The standard InChI is InChI=1S/C12H12O2/c1-8(13)9-2-3-11-7-12(14)5-4-10(11)6-9/h2-3,6H,4-5,7H2,1H3. The quantitative estimate of drug-likeness (QED) is 0.631. The van der Waals surface area contributed by atoms with Crippen LogP contribution >= 0.6 is 0 Å². The number of rotatable bonds is 1. The van der Waals surface area contributed by atoms with E-state index in [0.717, 1.165) is 23.1 Å². The maximum absolute atomic E-state index is 11.2. The number of ketones is 2. The van der Waals surface area contributed by atoms with Crippen molar-refractivity contribution in [1.29, 1.82) is 0 Å². The SMILES string of the molecule is CC(=O)c1ccc2c(c1)CCC(=O)C2. The van der Waals surface area contributed by atoms with Gasteiger partial charge in [-0.25, -0.2) is 0 Å². The van der Waals surface area contributed by atoms with Gasteiger partial charge in [-0.05, 0) is 30.5 Å². The van der Waals surface area contributed by atoms with Crippen molar-refractivity contribution in [1.82, 2.24) is 0 Å². The average Bonchev–Trinajstić information content (AvgIpc) is 2.16. The largest absolute Gasteiger partial charge is 0.299 e. The third-order valence-electron chi connectivity index (χ3n) is 2.67. The predicted octanol–water partition coefficient (Wildman–Crippen LogP) is 1.95. The molecule has 2 rings (SSSR count). The Balaban J connectivity index is 2.41. The molecule has 0 spiro atoms. The van der Waals surface area contributed by atoms with Crippen LogP contribution in [-0.4, -0.2) is 11.6 Å². The van der Waals surface area contributed by atoms with E-state index in [2.05, 4.69) is 0 Å². The molecule has 0 bridgehead atoms. The maximum atomic E-state index is 11.2. The van der Waals surface area contributed by atoms with Gasteiger partial charge >= 0.3 is 0 Å². The van der Waals surface area contributed by atoms with Crippen molar-refractivity contribution >= 4 is 11.6 Å². The molecule has 0 saturated carbocycles. The maximum Gasteiger partial charge on any atom is 0.159 e. The van der Waals surface area contributed by atoms with Gasteiger partial charge in [0.2, 0.25) is 0 Å². The molecule has 0 atom stereocenters. The molecule has 0 unspecified atom stereocenters. The van der Waals surface area contributed by atoms with Crippen LogP contribution in [0.3, 0.4) is 0 Å². The Morgan fingerprint density at radius 3 is 2.71 bits per heavy atom. The van der Waals surface area contributed by atoms with Crippen molar-refractivity contribution in [3.8, 4) is 0 Å². The lowest BCUT2D eigenvalue weighted by atomic mass is 9.89. The number of carbonyl (C=O) groups is 2. The Morgan fingerprint density at radius 2 is 2.00 bits per heavy atom.